The molecular weight excluding hydrogens is 281 g/mol. The summed E-state index contributed by atoms with van der Waals surface area (Å²) in [6.07, 6.45) is 1.86. The summed E-state index contributed by atoms with van der Waals surface area (Å²) in [4.78, 5) is 11.8. The standard InChI is InChI=1S/C14H15ClFN3O/c1-9-3-4-12(16)13(7-9)17-14(20)5-6-19-8-11(15)10(2)18-19/h3-4,7-8H,5-6H2,1-2H3,(H,17,20). The molecule has 0 spiro atoms. The van der Waals surface area contributed by atoms with Gasteiger partial charge in [0, 0.05) is 19.2 Å². The molecule has 6 heteroatoms. The number of carbonyl (C=O) groups is 1. The molecule has 4 nitrogen and oxygen atoms in total. The van der Waals surface area contributed by atoms with Gasteiger partial charge >= 0.3 is 0 Å². The molecule has 0 fully saturated rings. The van der Waals surface area contributed by atoms with Gasteiger partial charge in [0.25, 0.3) is 0 Å². The number of nitrogens with one attached hydrogen (secondary N) is 1. The van der Waals surface area contributed by atoms with Crippen molar-refractivity contribution in [1.29, 1.82) is 0 Å². The predicted octanol–water partition coefficient (Wildman–Crippen LogP) is 3.32. The molecule has 0 radical (unpaired) electrons. The fraction of sp³-hybridized carbons (Fsp3) is 0.286. The second-order valence-electron chi connectivity index (χ2n) is 4.61. The molecule has 0 unspecified atom stereocenters. The molecule has 2 rings (SSSR count). The van der Waals surface area contributed by atoms with Crippen LogP contribution in [0.4, 0.5) is 10.1 Å². The van der Waals surface area contributed by atoms with Gasteiger partial charge < -0.3 is 5.32 Å². The van der Waals surface area contributed by atoms with Crippen molar-refractivity contribution >= 4 is 23.2 Å². The Balaban J connectivity index is 1.94. The van der Waals surface area contributed by atoms with Crippen molar-refractivity contribution in [3.63, 3.8) is 0 Å². The quantitative estimate of drug-likeness (QED) is 0.940. The van der Waals surface area contributed by atoms with Crippen LogP contribution in [-0.2, 0) is 11.3 Å². The lowest BCUT2D eigenvalue weighted by molar-refractivity contribution is -0.116. The summed E-state index contributed by atoms with van der Waals surface area (Å²) < 4.78 is 15.1. The van der Waals surface area contributed by atoms with Crippen LogP contribution in [-0.4, -0.2) is 15.7 Å². The number of halogens is 2. The minimum Gasteiger partial charge on any atom is -0.324 e. The first-order chi connectivity index (χ1) is 9.45. The van der Waals surface area contributed by atoms with E-state index in [4.69, 9.17) is 11.6 Å². The Morgan fingerprint density at radius 3 is 2.85 bits per heavy atom. The fourth-order valence-electron chi connectivity index (χ4n) is 1.77. The van der Waals surface area contributed by atoms with E-state index in [2.05, 4.69) is 10.4 Å². The van der Waals surface area contributed by atoms with E-state index in [9.17, 15) is 9.18 Å². The molecule has 0 saturated heterocycles. The molecular formula is C14H15ClFN3O. The first-order valence-corrected chi connectivity index (χ1v) is 6.59. The second-order valence-corrected chi connectivity index (χ2v) is 5.01. The zero-order chi connectivity index (χ0) is 14.7. The molecule has 1 N–H and O–H groups in total. The molecule has 20 heavy (non-hydrogen) atoms. The molecule has 0 atom stereocenters. The monoisotopic (exact) mass is 295 g/mol. The number of carbonyl (C=O) groups excluding carboxylic acids is 1. The van der Waals surface area contributed by atoms with Crippen LogP contribution in [0.5, 0.6) is 0 Å². The van der Waals surface area contributed by atoms with Crippen LogP contribution in [0.15, 0.2) is 24.4 Å². The van der Waals surface area contributed by atoms with Gasteiger partial charge in [0.1, 0.15) is 5.82 Å². The van der Waals surface area contributed by atoms with Gasteiger partial charge in [0.15, 0.2) is 0 Å². The van der Waals surface area contributed by atoms with E-state index < -0.39 is 5.82 Å². The van der Waals surface area contributed by atoms with Crippen LogP contribution in [0.25, 0.3) is 0 Å². The third-order valence-electron chi connectivity index (χ3n) is 2.85. The number of benzene rings is 1. The maximum Gasteiger partial charge on any atom is 0.226 e. The van der Waals surface area contributed by atoms with Crippen molar-refractivity contribution < 1.29 is 9.18 Å². The van der Waals surface area contributed by atoms with E-state index in [-0.39, 0.29) is 18.0 Å². The zero-order valence-corrected chi connectivity index (χ0v) is 12.0. The van der Waals surface area contributed by atoms with E-state index in [1.807, 2.05) is 6.92 Å². The molecule has 1 amide bonds. The van der Waals surface area contributed by atoms with E-state index in [0.29, 0.717) is 11.6 Å². The summed E-state index contributed by atoms with van der Waals surface area (Å²) in [6, 6.07) is 4.59. The molecule has 2 aromatic rings. The molecule has 0 aliphatic rings. The number of aromatic nitrogens is 2. The lowest BCUT2D eigenvalue weighted by Gasteiger charge is -2.07. The number of hydrogen-bond acceptors (Lipinski definition) is 2. The SMILES string of the molecule is Cc1ccc(F)c(NC(=O)CCn2cc(Cl)c(C)n2)c1. The van der Waals surface area contributed by atoms with Gasteiger partial charge in [-0.15, -0.1) is 0 Å². The molecule has 0 saturated carbocycles. The van der Waals surface area contributed by atoms with E-state index >= 15 is 0 Å². The van der Waals surface area contributed by atoms with Crippen molar-refractivity contribution in [2.45, 2.75) is 26.8 Å². The maximum atomic E-state index is 13.5. The highest BCUT2D eigenvalue weighted by Gasteiger charge is 2.08. The van der Waals surface area contributed by atoms with Gasteiger partial charge in [0.2, 0.25) is 5.91 Å². The van der Waals surface area contributed by atoms with Crippen molar-refractivity contribution in [2.24, 2.45) is 0 Å². The zero-order valence-electron chi connectivity index (χ0n) is 11.3. The van der Waals surface area contributed by atoms with Crippen LogP contribution >= 0.6 is 11.6 Å². The minimum atomic E-state index is -0.443. The van der Waals surface area contributed by atoms with Gasteiger partial charge in [-0.3, -0.25) is 9.48 Å². The third-order valence-corrected chi connectivity index (χ3v) is 3.22. The summed E-state index contributed by atoms with van der Waals surface area (Å²) in [5.74, 6) is -0.708. The average molecular weight is 296 g/mol. The number of anilines is 1. The lowest BCUT2D eigenvalue weighted by Crippen LogP contribution is -2.15. The van der Waals surface area contributed by atoms with Crippen LogP contribution in [0, 0.1) is 19.7 Å². The Kier molecular flexibility index (Phi) is 4.39. The molecule has 1 aromatic heterocycles. The molecule has 0 aliphatic carbocycles. The molecule has 0 bridgehead atoms. The largest absolute Gasteiger partial charge is 0.324 e. The lowest BCUT2D eigenvalue weighted by atomic mass is 10.2. The van der Waals surface area contributed by atoms with E-state index in [1.54, 1.807) is 29.9 Å². The molecule has 0 aliphatic heterocycles. The Hall–Kier alpha value is -1.88. The van der Waals surface area contributed by atoms with Gasteiger partial charge in [-0.1, -0.05) is 17.7 Å². The maximum absolute atomic E-state index is 13.5. The first-order valence-electron chi connectivity index (χ1n) is 6.21. The Morgan fingerprint density at radius 2 is 2.20 bits per heavy atom. The number of hydrogen-bond donors (Lipinski definition) is 1. The van der Waals surface area contributed by atoms with E-state index in [1.165, 1.54) is 6.07 Å². The fourth-order valence-corrected chi connectivity index (χ4v) is 1.92. The van der Waals surface area contributed by atoms with Gasteiger partial charge in [0.05, 0.1) is 16.4 Å². The van der Waals surface area contributed by atoms with Crippen LogP contribution in [0.2, 0.25) is 5.02 Å². The summed E-state index contributed by atoms with van der Waals surface area (Å²) in [5.41, 5.74) is 1.80. The number of aryl methyl sites for hydroxylation is 3. The number of amides is 1. The second kappa shape index (κ2) is 6.05. The Bertz CT molecular complexity index is 620. The summed E-state index contributed by atoms with van der Waals surface area (Å²) in [6.45, 7) is 4.03. The highest BCUT2D eigenvalue weighted by molar-refractivity contribution is 6.31. The number of nitrogens with zero attached hydrogens (tertiary/aromatic N) is 2. The highest BCUT2D eigenvalue weighted by atomic mass is 35.5. The van der Waals surface area contributed by atoms with Crippen molar-refractivity contribution in [2.75, 3.05) is 5.32 Å². The smallest absolute Gasteiger partial charge is 0.226 e. The summed E-state index contributed by atoms with van der Waals surface area (Å²) >= 11 is 5.88. The van der Waals surface area contributed by atoms with Crippen LogP contribution in [0.1, 0.15) is 17.7 Å². The van der Waals surface area contributed by atoms with Crippen molar-refractivity contribution in [1.82, 2.24) is 9.78 Å². The minimum absolute atomic E-state index is 0.199. The molecule has 1 heterocycles. The summed E-state index contributed by atoms with van der Waals surface area (Å²) in [7, 11) is 0. The highest BCUT2D eigenvalue weighted by Crippen LogP contribution is 2.16. The molecule has 106 valence electrons. The molecule has 1 aromatic carbocycles. The normalized spacial score (nSPS) is 10.6. The van der Waals surface area contributed by atoms with Gasteiger partial charge in [-0.05, 0) is 31.5 Å². The van der Waals surface area contributed by atoms with Crippen molar-refractivity contribution in [3.8, 4) is 0 Å². The average Bonchev–Trinajstić information content (AvgIpc) is 2.71. The number of rotatable bonds is 4. The van der Waals surface area contributed by atoms with Gasteiger partial charge in [-0.2, -0.15) is 5.10 Å². The third kappa shape index (κ3) is 3.57. The topological polar surface area (TPSA) is 46.9 Å². The first kappa shape index (κ1) is 14.5. The van der Waals surface area contributed by atoms with E-state index in [0.717, 1.165) is 11.3 Å². The predicted molar refractivity (Wildman–Crippen MR) is 76.4 cm³/mol. The summed E-state index contributed by atoms with van der Waals surface area (Å²) in [5, 5.41) is 7.27. The van der Waals surface area contributed by atoms with Gasteiger partial charge in [-0.25, -0.2) is 4.39 Å². The van der Waals surface area contributed by atoms with Crippen molar-refractivity contribution in [3.05, 3.63) is 46.5 Å². The Labute approximate surface area is 121 Å². The van der Waals surface area contributed by atoms with Crippen LogP contribution < -0.4 is 5.32 Å². The van der Waals surface area contributed by atoms with Crippen LogP contribution in [0.3, 0.4) is 0 Å². The Morgan fingerprint density at radius 1 is 1.45 bits per heavy atom.